The zero-order valence-corrected chi connectivity index (χ0v) is 10.1. The molecule has 4 aliphatic rings. The number of hydrogen-bond acceptors (Lipinski definition) is 5. The summed E-state index contributed by atoms with van der Waals surface area (Å²) in [4.78, 5) is 33.4. The molecule has 7 atom stereocenters. The van der Waals surface area contributed by atoms with Gasteiger partial charge in [0.2, 0.25) is 16.3 Å². The average molecular weight is 273 g/mol. The van der Waals surface area contributed by atoms with E-state index in [0.717, 1.165) is 0 Å². The maximum Gasteiger partial charge on any atom is 0.243 e. The van der Waals surface area contributed by atoms with Gasteiger partial charge in [0.25, 0.3) is 0 Å². The van der Waals surface area contributed by atoms with E-state index in [-0.39, 0.29) is 22.7 Å². The zero-order valence-electron chi connectivity index (χ0n) is 9.33. The molecule has 7 unspecified atom stereocenters. The van der Waals surface area contributed by atoms with Crippen molar-refractivity contribution in [2.75, 3.05) is 0 Å². The van der Waals surface area contributed by atoms with Gasteiger partial charge < -0.3 is 0 Å². The second kappa shape index (κ2) is 2.29. The minimum atomic E-state index is -1.27. The summed E-state index contributed by atoms with van der Waals surface area (Å²) in [5.41, 5.74) is -3.74. The van der Waals surface area contributed by atoms with Crippen LogP contribution in [0.1, 0.15) is 13.3 Å². The van der Waals surface area contributed by atoms with E-state index in [9.17, 15) is 25.0 Å². The molecule has 4 fully saturated rings. The van der Waals surface area contributed by atoms with Gasteiger partial charge >= 0.3 is 0 Å². The zero-order chi connectivity index (χ0) is 13.2. The molecule has 0 saturated heterocycles. The first-order valence-electron chi connectivity index (χ1n) is 5.78. The summed E-state index contributed by atoms with van der Waals surface area (Å²) in [5, 5.41) is 21.7. The lowest BCUT2D eigenvalue weighted by Crippen LogP contribution is -3.07. The van der Waals surface area contributed by atoms with Crippen LogP contribution in [0.15, 0.2) is 0 Å². The molecule has 0 spiro atoms. The monoisotopic (exact) mass is 272 g/mol. The van der Waals surface area contributed by atoms with Crippen LogP contribution in [0.5, 0.6) is 0 Å². The number of carbonyl (C=O) groups is 1. The Morgan fingerprint density at radius 3 is 2.28 bits per heavy atom. The number of nitro groups is 2. The maximum atomic E-state index is 11.7. The highest BCUT2D eigenvalue weighted by Gasteiger charge is 3.12. The Balaban J connectivity index is 1.87. The van der Waals surface area contributed by atoms with Crippen LogP contribution in [-0.2, 0) is 4.79 Å². The molecule has 8 heteroatoms. The summed E-state index contributed by atoms with van der Waals surface area (Å²) in [6.45, 7) is 1.50. The lowest BCUT2D eigenvalue weighted by molar-refractivity contribution is -0.785. The molecule has 4 saturated carbocycles. The normalized spacial score (nSPS) is 61.2. The number of halogens is 1. The smallest absolute Gasteiger partial charge is 0.243 e. The molecule has 18 heavy (non-hydrogen) atoms. The fourth-order valence-corrected chi connectivity index (χ4v) is 6.35. The molecule has 0 amide bonds. The summed E-state index contributed by atoms with van der Waals surface area (Å²) in [5.74, 6) is -1.46. The Bertz CT molecular complexity index is 558. The molecule has 0 heterocycles. The third-order valence-corrected chi connectivity index (χ3v) is 6.73. The molecule has 0 N–H and O–H groups in total. The second-order valence-electron chi connectivity index (χ2n) is 6.15. The van der Waals surface area contributed by atoms with Crippen LogP contribution in [0.3, 0.4) is 0 Å². The molecule has 0 aliphatic heterocycles. The van der Waals surface area contributed by atoms with Crippen molar-refractivity contribution in [1.82, 2.24) is 0 Å². The van der Waals surface area contributed by atoms with E-state index in [0.29, 0.717) is 6.42 Å². The molecule has 4 aliphatic carbocycles. The van der Waals surface area contributed by atoms with E-state index in [1.807, 2.05) is 0 Å². The van der Waals surface area contributed by atoms with Gasteiger partial charge in [-0.2, -0.15) is 0 Å². The number of nitrogens with zero attached hydrogens (tertiary/aromatic N) is 2. The molecule has 0 radical (unpaired) electrons. The van der Waals surface area contributed by atoms with Crippen molar-refractivity contribution in [2.45, 2.75) is 24.4 Å². The number of hydrogen-bond donors (Lipinski definition) is 0. The van der Waals surface area contributed by atoms with E-state index < -0.39 is 32.6 Å². The van der Waals surface area contributed by atoms with Gasteiger partial charge in [-0.1, -0.05) is 0 Å². The summed E-state index contributed by atoms with van der Waals surface area (Å²) >= 11 is 5.57. The van der Waals surface area contributed by atoms with Crippen molar-refractivity contribution in [3.8, 4) is 0 Å². The van der Waals surface area contributed by atoms with Crippen molar-refractivity contribution in [2.24, 2.45) is 29.1 Å². The third kappa shape index (κ3) is 0.528. The highest BCUT2D eigenvalue weighted by Crippen LogP contribution is 2.95. The van der Waals surface area contributed by atoms with E-state index in [4.69, 9.17) is 11.6 Å². The first-order valence-corrected chi connectivity index (χ1v) is 6.15. The van der Waals surface area contributed by atoms with Gasteiger partial charge in [-0.25, -0.2) is 0 Å². The van der Waals surface area contributed by atoms with E-state index in [2.05, 4.69) is 0 Å². The average Bonchev–Trinajstić information content (AvgIpc) is 2.26. The van der Waals surface area contributed by atoms with E-state index in [1.54, 1.807) is 0 Å². The summed E-state index contributed by atoms with van der Waals surface area (Å²) in [7, 11) is 0. The lowest BCUT2D eigenvalue weighted by Gasteiger charge is -2.90. The van der Waals surface area contributed by atoms with Crippen LogP contribution in [0.25, 0.3) is 0 Å². The van der Waals surface area contributed by atoms with Gasteiger partial charge in [0.1, 0.15) is 5.41 Å². The van der Waals surface area contributed by atoms with Gasteiger partial charge in [-0.15, -0.1) is 0 Å². The molecule has 96 valence electrons. The maximum absolute atomic E-state index is 11.7. The highest BCUT2D eigenvalue weighted by atomic mass is 35.5. The molecular weight excluding hydrogens is 264 g/mol. The molecule has 0 bridgehead atoms. The van der Waals surface area contributed by atoms with Crippen LogP contribution < -0.4 is 0 Å². The Morgan fingerprint density at radius 1 is 1.28 bits per heavy atom. The SMILES string of the molecule is CC1([N+](=O)[O-])C2C3CC4(C(=O)Cl)C1C2C34[N+](=O)[O-]. The Hall–Kier alpha value is -1.24. The molecule has 0 aromatic heterocycles. The minimum absolute atomic E-state index is 0.249. The van der Waals surface area contributed by atoms with Gasteiger partial charge in [0.05, 0.1) is 11.8 Å². The van der Waals surface area contributed by atoms with Gasteiger partial charge in [-0.3, -0.25) is 25.0 Å². The molecule has 0 aromatic carbocycles. The molecule has 4 rings (SSSR count). The highest BCUT2D eigenvalue weighted by molar-refractivity contribution is 6.65. The first-order chi connectivity index (χ1) is 8.29. The first kappa shape index (κ1) is 10.7. The van der Waals surface area contributed by atoms with Gasteiger partial charge in [-0.05, 0) is 18.0 Å². The predicted molar refractivity (Wildman–Crippen MR) is 57.0 cm³/mol. The molecular formula is C10H9ClN2O5. The molecule has 0 aromatic rings. The van der Waals surface area contributed by atoms with Crippen LogP contribution in [-0.4, -0.2) is 26.2 Å². The van der Waals surface area contributed by atoms with Crippen molar-refractivity contribution in [3.63, 3.8) is 0 Å². The van der Waals surface area contributed by atoms with Crippen LogP contribution in [0.2, 0.25) is 0 Å². The standard InChI is InChI=1S/C10H9ClN2O5/c1-8(12(15)16)4-3-2-9(7(11)14)6(8)5(4)10(3,9)13(17)18/h3-6H,2H2,1H3. The predicted octanol–water partition coefficient (Wildman–Crippen LogP) is 0.698. The van der Waals surface area contributed by atoms with Crippen molar-refractivity contribution >= 4 is 16.8 Å². The van der Waals surface area contributed by atoms with Gasteiger partial charge in [0, 0.05) is 28.6 Å². The van der Waals surface area contributed by atoms with E-state index in [1.165, 1.54) is 6.92 Å². The Morgan fingerprint density at radius 2 is 1.89 bits per heavy atom. The number of rotatable bonds is 3. The topological polar surface area (TPSA) is 103 Å². The van der Waals surface area contributed by atoms with Crippen LogP contribution in [0.4, 0.5) is 0 Å². The fourth-order valence-electron chi connectivity index (χ4n) is 6.00. The number of carbonyl (C=O) groups excluding carboxylic acids is 1. The third-order valence-electron chi connectivity index (χ3n) is 6.39. The van der Waals surface area contributed by atoms with Crippen molar-refractivity contribution in [1.29, 1.82) is 0 Å². The fraction of sp³-hybridized carbons (Fsp3) is 0.900. The van der Waals surface area contributed by atoms with Crippen LogP contribution >= 0.6 is 11.6 Å². The number of fused-ring (bicyclic) bond motifs is 2. The van der Waals surface area contributed by atoms with Crippen molar-refractivity contribution in [3.05, 3.63) is 20.2 Å². The second-order valence-corrected chi connectivity index (χ2v) is 6.49. The van der Waals surface area contributed by atoms with Crippen LogP contribution in [0, 0.1) is 49.3 Å². The van der Waals surface area contributed by atoms with Gasteiger partial charge in [0.15, 0.2) is 0 Å². The van der Waals surface area contributed by atoms with Crippen molar-refractivity contribution < 1.29 is 14.6 Å². The largest absolute Gasteiger partial charge is 0.280 e. The Kier molecular flexibility index (Phi) is 1.35. The minimum Gasteiger partial charge on any atom is -0.280 e. The summed E-state index contributed by atoms with van der Waals surface area (Å²) in [6.07, 6.45) is 0.353. The summed E-state index contributed by atoms with van der Waals surface area (Å²) < 4.78 is 0. The molecule has 7 nitrogen and oxygen atoms in total. The lowest BCUT2D eigenvalue weighted by atomic mass is 9.07. The summed E-state index contributed by atoms with van der Waals surface area (Å²) in [6, 6.07) is 0. The van der Waals surface area contributed by atoms with E-state index >= 15 is 0 Å². The Labute approximate surface area is 106 Å². The quantitative estimate of drug-likeness (QED) is 0.427.